The van der Waals surface area contributed by atoms with Gasteiger partial charge in [0.25, 0.3) is 5.91 Å². The van der Waals surface area contributed by atoms with E-state index in [1.165, 1.54) is 14.0 Å². The molecule has 0 saturated carbocycles. The molecule has 2 atom stereocenters. The van der Waals surface area contributed by atoms with Crippen molar-refractivity contribution < 1.29 is 28.2 Å². The SMILES string of the molecule is Cc1cc(C(=O)N(C)C2COCC2C(=O)O)c(F)cc1F. The largest absolute Gasteiger partial charge is 0.481 e. The van der Waals surface area contributed by atoms with E-state index in [9.17, 15) is 18.4 Å². The molecule has 2 rings (SSSR count). The molecule has 0 bridgehead atoms. The highest BCUT2D eigenvalue weighted by molar-refractivity contribution is 5.95. The number of carbonyl (C=O) groups is 2. The molecule has 0 aromatic heterocycles. The van der Waals surface area contributed by atoms with Crippen LogP contribution in [-0.2, 0) is 9.53 Å². The molecule has 114 valence electrons. The van der Waals surface area contributed by atoms with Crippen LogP contribution < -0.4 is 0 Å². The third kappa shape index (κ3) is 2.87. The number of carboxylic acids is 1. The summed E-state index contributed by atoms with van der Waals surface area (Å²) in [6.45, 7) is 1.49. The number of hydrogen-bond donors (Lipinski definition) is 1. The smallest absolute Gasteiger partial charge is 0.311 e. The number of carbonyl (C=O) groups excluding carboxylic acids is 1. The Labute approximate surface area is 120 Å². The molecule has 0 spiro atoms. The normalized spacial score (nSPS) is 21.3. The number of halogens is 2. The molecule has 1 saturated heterocycles. The van der Waals surface area contributed by atoms with Crippen molar-refractivity contribution in [2.24, 2.45) is 5.92 Å². The molecule has 0 aliphatic carbocycles. The lowest BCUT2D eigenvalue weighted by molar-refractivity contribution is -0.142. The molecule has 1 amide bonds. The minimum atomic E-state index is -1.08. The maximum absolute atomic E-state index is 13.7. The molecule has 1 aliphatic rings. The maximum Gasteiger partial charge on any atom is 0.311 e. The van der Waals surface area contributed by atoms with Gasteiger partial charge in [-0.1, -0.05) is 0 Å². The van der Waals surface area contributed by atoms with Crippen molar-refractivity contribution in [3.8, 4) is 0 Å². The van der Waals surface area contributed by atoms with Crippen molar-refractivity contribution in [1.82, 2.24) is 4.90 Å². The summed E-state index contributed by atoms with van der Waals surface area (Å²) < 4.78 is 32.1. The minimum absolute atomic E-state index is 0.00253. The van der Waals surface area contributed by atoms with Crippen molar-refractivity contribution in [1.29, 1.82) is 0 Å². The number of carboxylic acid groups (broad SMARTS) is 1. The zero-order valence-corrected chi connectivity index (χ0v) is 11.6. The lowest BCUT2D eigenvalue weighted by Gasteiger charge is -2.26. The molecular formula is C14H15F2NO4. The quantitative estimate of drug-likeness (QED) is 0.917. The van der Waals surface area contributed by atoms with Crippen LogP contribution in [0, 0.1) is 24.5 Å². The van der Waals surface area contributed by atoms with E-state index in [4.69, 9.17) is 9.84 Å². The van der Waals surface area contributed by atoms with Crippen LogP contribution in [0.4, 0.5) is 8.78 Å². The Balaban J connectivity index is 2.27. The molecule has 1 heterocycles. The summed E-state index contributed by atoms with van der Waals surface area (Å²) in [5, 5.41) is 9.08. The molecule has 1 N–H and O–H groups in total. The average Bonchev–Trinajstić information content (AvgIpc) is 2.90. The summed E-state index contributed by atoms with van der Waals surface area (Å²) in [6, 6.07) is 1.09. The van der Waals surface area contributed by atoms with Crippen molar-refractivity contribution in [2.45, 2.75) is 13.0 Å². The second kappa shape index (κ2) is 5.77. The summed E-state index contributed by atoms with van der Waals surface area (Å²) >= 11 is 0. The molecule has 1 aromatic carbocycles. The second-order valence-corrected chi connectivity index (χ2v) is 5.05. The number of likely N-dealkylation sites (N-methyl/N-ethyl adjacent to an activating group) is 1. The van der Waals surface area contributed by atoms with Crippen molar-refractivity contribution in [2.75, 3.05) is 20.3 Å². The summed E-state index contributed by atoms with van der Waals surface area (Å²) in [7, 11) is 1.38. The van der Waals surface area contributed by atoms with E-state index in [2.05, 4.69) is 0 Å². The Bertz CT molecular complexity index is 591. The maximum atomic E-state index is 13.7. The highest BCUT2D eigenvalue weighted by Crippen LogP contribution is 2.22. The molecule has 7 heteroatoms. The van der Waals surface area contributed by atoms with Gasteiger partial charge in [-0.15, -0.1) is 0 Å². The molecule has 0 radical (unpaired) electrons. The van der Waals surface area contributed by atoms with E-state index in [1.807, 2.05) is 0 Å². The molecule has 5 nitrogen and oxygen atoms in total. The van der Waals surface area contributed by atoms with Crippen molar-refractivity contribution >= 4 is 11.9 Å². The van der Waals surface area contributed by atoms with E-state index >= 15 is 0 Å². The fourth-order valence-electron chi connectivity index (χ4n) is 2.32. The van der Waals surface area contributed by atoms with E-state index in [0.29, 0.717) is 6.07 Å². The summed E-state index contributed by atoms with van der Waals surface area (Å²) in [4.78, 5) is 24.5. The highest BCUT2D eigenvalue weighted by atomic mass is 19.1. The molecule has 1 fully saturated rings. The van der Waals surface area contributed by atoms with Gasteiger partial charge in [0.1, 0.15) is 17.6 Å². The van der Waals surface area contributed by atoms with Crippen LogP contribution in [0.25, 0.3) is 0 Å². The number of aryl methyl sites for hydroxylation is 1. The van der Waals surface area contributed by atoms with Gasteiger partial charge in [0.05, 0.1) is 24.8 Å². The van der Waals surface area contributed by atoms with Gasteiger partial charge in [-0.3, -0.25) is 9.59 Å². The minimum Gasteiger partial charge on any atom is -0.481 e. The van der Waals surface area contributed by atoms with Gasteiger partial charge in [-0.25, -0.2) is 8.78 Å². The zero-order chi connectivity index (χ0) is 15.7. The number of benzene rings is 1. The second-order valence-electron chi connectivity index (χ2n) is 5.05. The number of ether oxygens (including phenoxy) is 1. The first-order chi connectivity index (χ1) is 9.82. The van der Waals surface area contributed by atoms with Crippen LogP contribution in [0.15, 0.2) is 12.1 Å². The standard InChI is InChI=1S/C14H15F2NO4/c1-7-3-8(11(16)4-10(7)15)13(18)17(2)12-6-21-5-9(12)14(19)20/h3-4,9,12H,5-6H2,1-2H3,(H,19,20). The topological polar surface area (TPSA) is 66.8 Å². The van der Waals surface area contributed by atoms with Gasteiger partial charge in [0.15, 0.2) is 0 Å². The molecule has 1 aliphatic heterocycles. The fourth-order valence-corrected chi connectivity index (χ4v) is 2.32. The number of hydrogen-bond acceptors (Lipinski definition) is 3. The van der Waals surface area contributed by atoms with Crippen LogP contribution in [0.1, 0.15) is 15.9 Å². The average molecular weight is 299 g/mol. The lowest BCUT2D eigenvalue weighted by atomic mass is 10.0. The first-order valence-electron chi connectivity index (χ1n) is 6.36. The van der Waals surface area contributed by atoms with Gasteiger partial charge in [-0.2, -0.15) is 0 Å². The van der Waals surface area contributed by atoms with Gasteiger partial charge >= 0.3 is 5.97 Å². The van der Waals surface area contributed by atoms with Crippen molar-refractivity contribution in [3.05, 3.63) is 34.9 Å². The fraction of sp³-hybridized carbons (Fsp3) is 0.429. The summed E-state index contributed by atoms with van der Waals surface area (Å²) in [5.74, 6) is -4.34. The Morgan fingerprint density at radius 1 is 1.29 bits per heavy atom. The van der Waals surface area contributed by atoms with E-state index in [0.717, 1.165) is 11.0 Å². The number of aliphatic carboxylic acids is 1. The first-order valence-corrected chi connectivity index (χ1v) is 6.36. The van der Waals surface area contributed by atoms with E-state index < -0.39 is 35.5 Å². The Hall–Kier alpha value is -2.02. The summed E-state index contributed by atoms with van der Waals surface area (Å²) in [5.41, 5.74) is -0.141. The van der Waals surface area contributed by atoms with E-state index in [-0.39, 0.29) is 24.3 Å². The Kier molecular flexibility index (Phi) is 4.22. The van der Waals surface area contributed by atoms with E-state index in [1.54, 1.807) is 0 Å². The Morgan fingerprint density at radius 3 is 2.57 bits per heavy atom. The zero-order valence-electron chi connectivity index (χ0n) is 11.6. The number of amides is 1. The van der Waals surface area contributed by atoms with Gasteiger partial charge < -0.3 is 14.7 Å². The third-order valence-corrected chi connectivity index (χ3v) is 3.66. The predicted molar refractivity (Wildman–Crippen MR) is 68.9 cm³/mol. The molecule has 21 heavy (non-hydrogen) atoms. The van der Waals surface area contributed by atoms with Crippen molar-refractivity contribution in [3.63, 3.8) is 0 Å². The molecule has 1 aromatic rings. The van der Waals surface area contributed by atoms with Crippen LogP contribution >= 0.6 is 0 Å². The van der Waals surface area contributed by atoms with Gasteiger partial charge in [0.2, 0.25) is 0 Å². The monoisotopic (exact) mass is 299 g/mol. The van der Waals surface area contributed by atoms with Gasteiger partial charge in [0, 0.05) is 13.1 Å². The van der Waals surface area contributed by atoms with Crippen LogP contribution in [0.5, 0.6) is 0 Å². The van der Waals surface area contributed by atoms with Crippen LogP contribution in [-0.4, -0.2) is 48.2 Å². The number of nitrogens with zero attached hydrogens (tertiary/aromatic N) is 1. The van der Waals surface area contributed by atoms with Crippen LogP contribution in [0.3, 0.4) is 0 Å². The number of rotatable bonds is 3. The first kappa shape index (κ1) is 15.4. The highest BCUT2D eigenvalue weighted by Gasteiger charge is 2.39. The molecular weight excluding hydrogens is 284 g/mol. The Morgan fingerprint density at radius 2 is 1.95 bits per heavy atom. The summed E-state index contributed by atoms with van der Waals surface area (Å²) in [6.07, 6.45) is 0. The third-order valence-electron chi connectivity index (χ3n) is 3.66. The molecule has 2 unspecified atom stereocenters. The predicted octanol–water partition coefficient (Wildman–Crippen LogP) is 1.44. The lowest BCUT2D eigenvalue weighted by Crippen LogP contribution is -2.44. The van der Waals surface area contributed by atoms with Gasteiger partial charge in [-0.05, 0) is 18.6 Å². The van der Waals surface area contributed by atoms with Crippen LogP contribution in [0.2, 0.25) is 0 Å².